The second-order valence-electron chi connectivity index (χ2n) is 6.49. The lowest BCUT2D eigenvalue weighted by Crippen LogP contribution is -2.45. The highest BCUT2D eigenvalue weighted by molar-refractivity contribution is 5.82. The van der Waals surface area contributed by atoms with Crippen LogP contribution in [0, 0.1) is 11.6 Å². The number of carboxylic acid groups (broad SMARTS) is 1. The molecule has 1 aromatic rings. The number of halogens is 2. The first-order valence-electron chi connectivity index (χ1n) is 7.28. The highest BCUT2D eigenvalue weighted by Crippen LogP contribution is 2.37. The number of carboxylic acids is 1. The minimum Gasteiger partial charge on any atom is -0.480 e. The van der Waals surface area contributed by atoms with Gasteiger partial charge in [0.1, 0.15) is 23.3 Å². The minimum absolute atomic E-state index is 0.0598. The summed E-state index contributed by atoms with van der Waals surface area (Å²) in [6.45, 7) is 5.03. The normalized spacial score (nSPS) is 21.3. The van der Waals surface area contributed by atoms with Gasteiger partial charge in [-0.1, -0.05) is 6.07 Å². The molecule has 1 saturated heterocycles. The number of aliphatic carboxylic acids is 1. The Morgan fingerprint density at radius 2 is 1.83 bits per heavy atom. The van der Waals surface area contributed by atoms with Crippen LogP contribution in [0.2, 0.25) is 0 Å². The molecule has 0 aromatic heterocycles. The standard InChI is InChI=1S/C16H19F2NO4/c1-16(2,3)23-15(22)19-8-7-9(13(19)14(20)21)12-10(17)5-4-6-11(12)18/h4-6,9,13H,7-8H2,1-3H3,(H,20,21)/t9-,13-/m0/s1. The third kappa shape index (κ3) is 3.60. The summed E-state index contributed by atoms with van der Waals surface area (Å²) in [6.07, 6.45) is -0.655. The lowest BCUT2D eigenvalue weighted by molar-refractivity contribution is -0.142. The summed E-state index contributed by atoms with van der Waals surface area (Å²) < 4.78 is 33.1. The van der Waals surface area contributed by atoms with Crippen LogP contribution in [0.15, 0.2) is 18.2 Å². The number of carbonyl (C=O) groups is 2. The van der Waals surface area contributed by atoms with Crippen LogP contribution in [-0.2, 0) is 9.53 Å². The molecule has 1 aromatic carbocycles. The molecule has 0 spiro atoms. The molecule has 1 amide bonds. The Morgan fingerprint density at radius 1 is 1.26 bits per heavy atom. The van der Waals surface area contributed by atoms with Crippen molar-refractivity contribution in [3.63, 3.8) is 0 Å². The van der Waals surface area contributed by atoms with Gasteiger partial charge in [0.05, 0.1) is 0 Å². The van der Waals surface area contributed by atoms with E-state index in [9.17, 15) is 23.5 Å². The quantitative estimate of drug-likeness (QED) is 0.906. The molecule has 0 radical (unpaired) electrons. The fourth-order valence-corrected chi connectivity index (χ4v) is 2.79. The highest BCUT2D eigenvalue weighted by atomic mass is 19.1. The summed E-state index contributed by atoms with van der Waals surface area (Å²) in [5.74, 6) is -3.90. The topological polar surface area (TPSA) is 66.8 Å². The Kier molecular flexibility index (Phi) is 4.58. The Bertz CT molecular complexity index is 607. The summed E-state index contributed by atoms with van der Waals surface area (Å²) in [4.78, 5) is 24.8. The van der Waals surface area contributed by atoms with Crippen LogP contribution < -0.4 is 0 Å². The van der Waals surface area contributed by atoms with E-state index in [4.69, 9.17) is 4.74 Å². The van der Waals surface area contributed by atoms with Crippen molar-refractivity contribution in [2.24, 2.45) is 0 Å². The van der Waals surface area contributed by atoms with Gasteiger partial charge in [-0.15, -0.1) is 0 Å². The lowest BCUT2D eigenvalue weighted by atomic mass is 9.91. The van der Waals surface area contributed by atoms with Crippen molar-refractivity contribution >= 4 is 12.1 Å². The van der Waals surface area contributed by atoms with Gasteiger partial charge in [0, 0.05) is 18.0 Å². The lowest BCUT2D eigenvalue weighted by Gasteiger charge is -2.28. The maximum absolute atomic E-state index is 14.0. The van der Waals surface area contributed by atoms with Crippen LogP contribution in [0.25, 0.3) is 0 Å². The number of likely N-dealkylation sites (tertiary alicyclic amines) is 1. The summed E-state index contributed by atoms with van der Waals surface area (Å²) in [7, 11) is 0. The van der Waals surface area contributed by atoms with Gasteiger partial charge in [0.15, 0.2) is 0 Å². The van der Waals surface area contributed by atoms with Crippen molar-refractivity contribution in [1.29, 1.82) is 0 Å². The maximum atomic E-state index is 14.0. The van der Waals surface area contributed by atoms with Gasteiger partial charge in [-0.25, -0.2) is 18.4 Å². The number of hydrogen-bond donors (Lipinski definition) is 1. The first-order valence-corrected chi connectivity index (χ1v) is 7.28. The molecule has 1 fully saturated rings. The third-order valence-corrected chi connectivity index (χ3v) is 3.65. The summed E-state index contributed by atoms with van der Waals surface area (Å²) in [5.41, 5.74) is -1.09. The first-order chi connectivity index (χ1) is 10.6. The Morgan fingerprint density at radius 3 is 2.30 bits per heavy atom. The van der Waals surface area contributed by atoms with Crippen LogP contribution in [-0.4, -0.2) is 40.3 Å². The van der Waals surface area contributed by atoms with Crippen molar-refractivity contribution in [2.45, 2.75) is 44.8 Å². The van der Waals surface area contributed by atoms with Crippen molar-refractivity contribution in [3.8, 4) is 0 Å². The van der Waals surface area contributed by atoms with Crippen LogP contribution in [0.5, 0.6) is 0 Å². The number of carbonyl (C=O) groups excluding carboxylic acids is 1. The van der Waals surface area contributed by atoms with Crippen LogP contribution in [0.4, 0.5) is 13.6 Å². The first kappa shape index (κ1) is 17.2. The molecule has 126 valence electrons. The number of hydrogen-bond acceptors (Lipinski definition) is 3. The summed E-state index contributed by atoms with van der Waals surface area (Å²) >= 11 is 0. The molecule has 0 bridgehead atoms. The molecular weight excluding hydrogens is 308 g/mol. The SMILES string of the molecule is CC(C)(C)OC(=O)N1CC[C@@H](c2c(F)cccc2F)[C@H]1C(=O)O. The fraction of sp³-hybridized carbons (Fsp3) is 0.500. The number of rotatable bonds is 2. The van der Waals surface area contributed by atoms with Gasteiger partial charge in [-0.3, -0.25) is 4.90 Å². The molecule has 0 saturated carbocycles. The van der Waals surface area contributed by atoms with Crippen molar-refractivity contribution in [2.75, 3.05) is 6.54 Å². The van der Waals surface area contributed by atoms with Crippen molar-refractivity contribution in [1.82, 2.24) is 4.90 Å². The Balaban J connectivity index is 2.34. The number of amides is 1. The third-order valence-electron chi connectivity index (χ3n) is 3.65. The maximum Gasteiger partial charge on any atom is 0.411 e. The molecular formula is C16H19F2NO4. The molecule has 1 heterocycles. The zero-order chi connectivity index (χ0) is 17.4. The largest absolute Gasteiger partial charge is 0.480 e. The number of nitrogens with zero attached hydrogens (tertiary/aromatic N) is 1. The highest BCUT2D eigenvalue weighted by Gasteiger charge is 2.46. The van der Waals surface area contributed by atoms with Crippen LogP contribution in [0.1, 0.15) is 38.7 Å². The minimum atomic E-state index is -1.36. The molecule has 2 rings (SSSR count). The average Bonchev–Trinajstić information content (AvgIpc) is 2.81. The van der Waals surface area contributed by atoms with Gasteiger partial charge in [-0.2, -0.15) is 0 Å². The van der Waals surface area contributed by atoms with Gasteiger partial charge in [0.2, 0.25) is 0 Å². The van der Waals surface area contributed by atoms with Crippen LogP contribution >= 0.6 is 0 Å². The predicted octanol–water partition coefficient (Wildman–Crippen LogP) is 3.14. The monoisotopic (exact) mass is 327 g/mol. The van der Waals surface area contributed by atoms with Gasteiger partial charge in [-0.05, 0) is 39.3 Å². The average molecular weight is 327 g/mol. The molecule has 1 N–H and O–H groups in total. The molecule has 5 nitrogen and oxygen atoms in total. The molecule has 1 aliphatic rings. The second-order valence-corrected chi connectivity index (χ2v) is 6.49. The molecule has 2 atom stereocenters. The number of ether oxygens (including phenoxy) is 1. The van der Waals surface area contributed by atoms with E-state index in [1.165, 1.54) is 6.07 Å². The van der Waals surface area contributed by atoms with E-state index in [2.05, 4.69) is 0 Å². The molecule has 0 aliphatic carbocycles. The van der Waals surface area contributed by atoms with Gasteiger partial charge in [0.25, 0.3) is 0 Å². The van der Waals surface area contributed by atoms with E-state index in [1.54, 1.807) is 20.8 Å². The zero-order valence-electron chi connectivity index (χ0n) is 13.2. The van der Waals surface area contributed by atoms with Gasteiger partial charge >= 0.3 is 12.1 Å². The van der Waals surface area contributed by atoms with Gasteiger partial charge < -0.3 is 9.84 Å². The van der Waals surface area contributed by atoms with E-state index in [0.717, 1.165) is 17.0 Å². The smallest absolute Gasteiger partial charge is 0.411 e. The van der Waals surface area contributed by atoms with Crippen LogP contribution in [0.3, 0.4) is 0 Å². The Labute approximate surface area is 132 Å². The van der Waals surface area contributed by atoms with E-state index < -0.39 is 41.3 Å². The van der Waals surface area contributed by atoms with Crippen molar-refractivity contribution in [3.05, 3.63) is 35.4 Å². The van der Waals surface area contributed by atoms with Crippen molar-refractivity contribution < 1.29 is 28.2 Å². The second kappa shape index (κ2) is 6.14. The molecule has 1 aliphatic heterocycles. The molecule has 0 unspecified atom stereocenters. The summed E-state index contributed by atoms with van der Waals surface area (Å²) in [6, 6.07) is 2.00. The van der Waals surface area contributed by atoms with E-state index in [0.29, 0.717) is 0 Å². The molecule has 7 heteroatoms. The van der Waals surface area contributed by atoms with E-state index in [-0.39, 0.29) is 18.5 Å². The summed E-state index contributed by atoms with van der Waals surface area (Å²) in [5, 5.41) is 9.45. The number of benzene rings is 1. The fourth-order valence-electron chi connectivity index (χ4n) is 2.79. The van der Waals surface area contributed by atoms with E-state index >= 15 is 0 Å². The predicted molar refractivity (Wildman–Crippen MR) is 78.1 cm³/mol. The van der Waals surface area contributed by atoms with E-state index in [1.807, 2.05) is 0 Å². The molecule has 23 heavy (non-hydrogen) atoms. The Hall–Kier alpha value is -2.18. The zero-order valence-corrected chi connectivity index (χ0v) is 13.2.